The summed E-state index contributed by atoms with van der Waals surface area (Å²) >= 11 is 0. The molecule has 0 aliphatic heterocycles. The highest BCUT2D eigenvalue weighted by Gasteiger charge is 2.56. The topological polar surface area (TPSA) is 23.8 Å². The smallest absolute Gasteiger partial charge is 0.0797 e. The molecular formula is C15H30NP. The summed E-state index contributed by atoms with van der Waals surface area (Å²) in [6.45, 7) is 17.9. The molecule has 0 fully saturated rings. The molecule has 0 N–H and O–H groups in total. The second-order valence-corrected chi connectivity index (χ2v) is 7.44. The van der Waals surface area contributed by atoms with Crippen molar-refractivity contribution in [2.75, 3.05) is 0 Å². The van der Waals surface area contributed by atoms with Gasteiger partial charge in [0.1, 0.15) is 0 Å². The average Bonchev–Trinajstić information content (AvgIpc) is 2.15. The predicted molar refractivity (Wildman–Crippen MR) is 79.8 cm³/mol. The molecule has 0 bridgehead atoms. The van der Waals surface area contributed by atoms with E-state index in [2.05, 4.69) is 70.7 Å². The number of rotatable bonds is 5. The normalized spacial score (nSPS) is 16.7. The minimum atomic E-state index is -0.358. The molecule has 2 heteroatoms. The second kappa shape index (κ2) is 5.71. The van der Waals surface area contributed by atoms with Gasteiger partial charge in [-0.25, -0.2) is 0 Å². The summed E-state index contributed by atoms with van der Waals surface area (Å²) in [6, 6.07) is 2.63. The molecule has 0 aliphatic carbocycles. The van der Waals surface area contributed by atoms with Crippen molar-refractivity contribution < 1.29 is 0 Å². The van der Waals surface area contributed by atoms with Crippen molar-refractivity contribution in [3.63, 3.8) is 0 Å². The van der Waals surface area contributed by atoms with Crippen molar-refractivity contribution in [1.29, 1.82) is 5.26 Å². The second-order valence-electron chi connectivity index (χ2n) is 6.53. The Kier molecular flexibility index (Phi) is 5.68. The summed E-state index contributed by atoms with van der Waals surface area (Å²) in [5, 5.41) is 9.41. The molecule has 0 aromatic rings. The molecule has 0 saturated heterocycles. The van der Waals surface area contributed by atoms with Gasteiger partial charge in [-0.15, -0.1) is 9.24 Å². The van der Waals surface area contributed by atoms with E-state index in [1.165, 1.54) is 0 Å². The molecule has 2 atom stereocenters. The lowest BCUT2D eigenvalue weighted by molar-refractivity contribution is 0.00484. The van der Waals surface area contributed by atoms with Gasteiger partial charge in [0, 0.05) is 0 Å². The molecule has 2 unspecified atom stereocenters. The maximum atomic E-state index is 9.77. The van der Waals surface area contributed by atoms with Gasteiger partial charge < -0.3 is 0 Å². The Bertz CT molecular complexity index is 264. The third-order valence-electron chi connectivity index (χ3n) is 4.68. The summed E-state index contributed by atoms with van der Waals surface area (Å²) in [5.74, 6) is 1.80. The van der Waals surface area contributed by atoms with Gasteiger partial charge in [0.25, 0.3) is 0 Å². The van der Waals surface area contributed by atoms with Crippen molar-refractivity contribution in [3.05, 3.63) is 0 Å². The van der Waals surface area contributed by atoms with Crippen LogP contribution in [-0.2, 0) is 0 Å². The monoisotopic (exact) mass is 255 g/mol. The van der Waals surface area contributed by atoms with Crippen molar-refractivity contribution >= 4 is 9.24 Å². The fourth-order valence-corrected chi connectivity index (χ4v) is 5.16. The van der Waals surface area contributed by atoms with E-state index in [0.29, 0.717) is 23.7 Å². The molecule has 100 valence electrons. The van der Waals surface area contributed by atoms with Crippen LogP contribution in [0.25, 0.3) is 0 Å². The van der Waals surface area contributed by atoms with Crippen LogP contribution >= 0.6 is 9.24 Å². The van der Waals surface area contributed by atoms with E-state index in [0.717, 1.165) is 0 Å². The van der Waals surface area contributed by atoms with Crippen molar-refractivity contribution in [2.45, 2.75) is 60.5 Å². The molecule has 0 heterocycles. The maximum absolute atomic E-state index is 9.77. The van der Waals surface area contributed by atoms with Crippen LogP contribution in [0, 0.1) is 40.4 Å². The SMILES string of the molecule is CC(C)C(P)(C#N)C(C(C)C)(C(C)C)C(C)C. The number of nitriles is 1. The zero-order chi connectivity index (χ0) is 14.0. The quantitative estimate of drug-likeness (QED) is 0.651. The van der Waals surface area contributed by atoms with E-state index in [-0.39, 0.29) is 10.6 Å². The molecule has 0 rings (SSSR count). The minimum Gasteiger partial charge on any atom is -0.197 e. The van der Waals surface area contributed by atoms with Gasteiger partial charge in [-0.3, -0.25) is 0 Å². The molecule has 0 radical (unpaired) electrons. The summed E-state index contributed by atoms with van der Waals surface area (Å²) in [7, 11) is 2.90. The van der Waals surface area contributed by atoms with Gasteiger partial charge in [0.15, 0.2) is 0 Å². The Morgan fingerprint density at radius 1 is 0.765 bits per heavy atom. The summed E-state index contributed by atoms with van der Waals surface area (Å²) < 4.78 is 0. The van der Waals surface area contributed by atoms with Crippen molar-refractivity contribution in [1.82, 2.24) is 0 Å². The first-order chi connectivity index (χ1) is 7.58. The predicted octanol–water partition coefficient (Wildman–Crippen LogP) is 4.73. The molecular weight excluding hydrogens is 225 g/mol. The molecule has 1 nitrogen and oxygen atoms in total. The van der Waals surface area contributed by atoms with Crippen LogP contribution in [0.2, 0.25) is 0 Å². The van der Waals surface area contributed by atoms with E-state index in [4.69, 9.17) is 0 Å². The largest absolute Gasteiger partial charge is 0.197 e. The van der Waals surface area contributed by atoms with Crippen molar-refractivity contribution in [2.24, 2.45) is 29.1 Å². The summed E-state index contributed by atoms with van der Waals surface area (Å²) in [6.07, 6.45) is 0. The van der Waals surface area contributed by atoms with Crippen LogP contribution in [0.3, 0.4) is 0 Å². The first-order valence-corrected chi connectivity index (χ1v) is 7.36. The van der Waals surface area contributed by atoms with Gasteiger partial charge in [0.2, 0.25) is 0 Å². The molecule has 0 aromatic carbocycles. The molecule has 0 amide bonds. The highest BCUT2D eigenvalue weighted by Crippen LogP contribution is 2.57. The van der Waals surface area contributed by atoms with Gasteiger partial charge in [-0.05, 0) is 29.1 Å². The highest BCUT2D eigenvalue weighted by atomic mass is 31.0. The van der Waals surface area contributed by atoms with Crippen LogP contribution in [0.15, 0.2) is 0 Å². The first-order valence-electron chi connectivity index (χ1n) is 6.79. The van der Waals surface area contributed by atoms with Crippen molar-refractivity contribution in [3.8, 4) is 6.07 Å². The number of hydrogen-bond donors (Lipinski definition) is 0. The lowest BCUT2D eigenvalue weighted by Gasteiger charge is -2.55. The van der Waals surface area contributed by atoms with Gasteiger partial charge in [-0.2, -0.15) is 5.26 Å². The third-order valence-corrected chi connectivity index (χ3v) is 5.97. The zero-order valence-corrected chi connectivity index (χ0v) is 14.0. The fraction of sp³-hybridized carbons (Fsp3) is 0.933. The lowest BCUT2D eigenvalue weighted by atomic mass is 9.53. The van der Waals surface area contributed by atoms with E-state index >= 15 is 0 Å². The van der Waals surface area contributed by atoms with E-state index in [1.54, 1.807) is 0 Å². The van der Waals surface area contributed by atoms with Gasteiger partial charge in [-0.1, -0.05) is 55.4 Å². The standard InChI is InChI=1S/C15H30NP/c1-10(2)14(17,9-16)15(11(3)4,12(5)6)13(7)8/h10-13H,17H2,1-8H3. The Balaban J connectivity index is 6.02. The van der Waals surface area contributed by atoms with Crippen LogP contribution in [-0.4, -0.2) is 5.16 Å². The van der Waals surface area contributed by atoms with Crippen LogP contribution in [0.4, 0.5) is 0 Å². The summed E-state index contributed by atoms with van der Waals surface area (Å²) in [5.41, 5.74) is 0.0284. The third kappa shape index (κ3) is 2.39. The number of hydrogen-bond acceptors (Lipinski definition) is 1. The molecule has 0 spiro atoms. The number of nitrogens with zero attached hydrogens (tertiary/aromatic N) is 1. The fourth-order valence-electron chi connectivity index (χ4n) is 4.16. The van der Waals surface area contributed by atoms with Crippen LogP contribution in [0.1, 0.15) is 55.4 Å². The molecule has 0 aliphatic rings. The Labute approximate surface area is 111 Å². The highest BCUT2D eigenvalue weighted by molar-refractivity contribution is 7.19. The maximum Gasteiger partial charge on any atom is 0.0797 e. The van der Waals surface area contributed by atoms with E-state index in [1.807, 2.05) is 0 Å². The average molecular weight is 255 g/mol. The lowest BCUT2D eigenvalue weighted by Crippen LogP contribution is -2.56. The first kappa shape index (κ1) is 16.9. The van der Waals surface area contributed by atoms with Gasteiger partial charge >= 0.3 is 0 Å². The van der Waals surface area contributed by atoms with Crippen LogP contribution in [0.5, 0.6) is 0 Å². The molecule has 17 heavy (non-hydrogen) atoms. The molecule has 0 saturated carbocycles. The minimum absolute atomic E-state index is 0.0284. The van der Waals surface area contributed by atoms with Gasteiger partial charge in [0.05, 0.1) is 11.2 Å². The Morgan fingerprint density at radius 3 is 1.12 bits per heavy atom. The van der Waals surface area contributed by atoms with E-state index < -0.39 is 0 Å². The Hall–Kier alpha value is -0.0800. The van der Waals surface area contributed by atoms with E-state index in [9.17, 15) is 5.26 Å². The zero-order valence-electron chi connectivity index (χ0n) is 12.8. The Morgan fingerprint density at radius 2 is 1.06 bits per heavy atom. The summed E-state index contributed by atoms with van der Waals surface area (Å²) in [4.78, 5) is 0. The molecule has 0 aromatic heterocycles. The van der Waals surface area contributed by atoms with Crippen LogP contribution < -0.4 is 0 Å².